The molecule has 0 bridgehead atoms. The summed E-state index contributed by atoms with van der Waals surface area (Å²) in [5, 5.41) is 0. The molecule has 0 radical (unpaired) electrons. The molecular formula is C13H17NO3. The van der Waals surface area contributed by atoms with Gasteiger partial charge >= 0.3 is 0 Å². The van der Waals surface area contributed by atoms with Gasteiger partial charge in [0.2, 0.25) is 0 Å². The number of rotatable bonds is 2. The molecule has 0 spiro atoms. The highest BCUT2D eigenvalue weighted by Gasteiger charge is 2.19. The van der Waals surface area contributed by atoms with E-state index < -0.39 is 0 Å². The summed E-state index contributed by atoms with van der Waals surface area (Å²) < 4.78 is 5.25. The first-order chi connectivity index (χ1) is 8.27. The topological polar surface area (TPSA) is 46.6 Å². The first-order valence-corrected chi connectivity index (χ1v) is 6.05. The molecule has 92 valence electrons. The molecule has 1 fully saturated rings. The van der Waals surface area contributed by atoms with Crippen LogP contribution < -0.4 is 0 Å². The van der Waals surface area contributed by atoms with Gasteiger partial charge < -0.3 is 4.74 Å². The summed E-state index contributed by atoms with van der Waals surface area (Å²) >= 11 is 0. The fraction of sp³-hybridized carbons (Fsp3) is 0.538. The molecular weight excluding hydrogens is 218 g/mol. The maximum Gasteiger partial charge on any atom is 0.253 e. The SMILES string of the molecule is O=C1C=CCCN1C(=O)/C=C/C1CCOCC1. The largest absolute Gasteiger partial charge is 0.381 e. The Hall–Kier alpha value is -1.42. The van der Waals surface area contributed by atoms with Crippen molar-refractivity contribution in [3.63, 3.8) is 0 Å². The molecule has 0 aromatic carbocycles. The summed E-state index contributed by atoms with van der Waals surface area (Å²) in [6, 6.07) is 0. The van der Waals surface area contributed by atoms with E-state index >= 15 is 0 Å². The molecule has 2 aliphatic rings. The summed E-state index contributed by atoms with van der Waals surface area (Å²) in [5.41, 5.74) is 0. The number of hydrogen-bond donors (Lipinski definition) is 0. The Morgan fingerprint density at radius 2 is 2.18 bits per heavy atom. The standard InChI is InChI=1S/C13H17NO3/c15-12-3-1-2-8-14(12)13(16)5-4-11-6-9-17-10-7-11/h1,3-5,11H,2,6-10H2/b5-4+. The van der Waals surface area contributed by atoms with E-state index in [0.717, 1.165) is 32.5 Å². The Morgan fingerprint density at radius 3 is 2.88 bits per heavy atom. The molecule has 1 saturated heterocycles. The van der Waals surface area contributed by atoms with Gasteiger partial charge in [-0.05, 0) is 37.3 Å². The Balaban J connectivity index is 1.89. The lowest BCUT2D eigenvalue weighted by atomic mass is 10.00. The van der Waals surface area contributed by atoms with Gasteiger partial charge in [0.25, 0.3) is 11.8 Å². The van der Waals surface area contributed by atoms with E-state index in [4.69, 9.17) is 4.74 Å². The van der Waals surface area contributed by atoms with Crippen molar-refractivity contribution >= 4 is 11.8 Å². The Bertz CT molecular complexity index is 354. The van der Waals surface area contributed by atoms with Gasteiger partial charge in [0, 0.05) is 19.8 Å². The number of carbonyl (C=O) groups is 2. The molecule has 0 unspecified atom stereocenters. The van der Waals surface area contributed by atoms with Crippen LogP contribution >= 0.6 is 0 Å². The number of carbonyl (C=O) groups excluding carboxylic acids is 2. The normalized spacial score (nSPS) is 22.4. The fourth-order valence-corrected chi connectivity index (χ4v) is 2.02. The molecule has 4 heteroatoms. The van der Waals surface area contributed by atoms with Crippen LogP contribution in [0.1, 0.15) is 19.3 Å². The smallest absolute Gasteiger partial charge is 0.253 e. The van der Waals surface area contributed by atoms with Gasteiger partial charge in [0.05, 0.1) is 0 Å². The third-order valence-corrected chi connectivity index (χ3v) is 3.09. The predicted octanol–water partition coefficient (Wildman–Crippen LogP) is 1.28. The van der Waals surface area contributed by atoms with Crippen LogP contribution in [0.3, 0.4) is 0 Å². The van der Waals surface area contributed by atoms with E-state index in [-0.39, 0.29) is 11.8 Å². The maximum atomic E-state index is 11.8. The van der Waals surface area contributed by atoms with Gasteiger partial charge in [-0.15, -0.1) is 0 Å². The lowest BCUT2D eigenvalue weighted by molar-refractivity contribution is -0.139. The summed E-state index contributed by atoms with van der Waals surface area (Å²) in [4.78, 5) is 24.5. The lowest BCUT2D eigenvalue weighted by Crippen LogP contribution is -2.37. The maximum absolute atomic E-state index is 11.8. The van der Waals surface area contributed by atoms with Crippen LogP contribution in [0.25, 0.3) is 0 Å². The van der Waals surface area contributed by atoms with Gasteiger partial charge in [-0.1, -0.05) is 12.2 Å². The van der Waals surface area contributed by atoms with Crippen LogP contribution in [0.4, 0.5) is 0 Å². The highest BCUT2D eigenvalue weighted by atomic mass is 16.5. The Morgan fingerprint density at radius 1 is 1.41 bits per heavy atom. The number of nitrogens with zero attached hydrogens (tertiary/aromatic N) is 1. The van der Waals surface area contributed by atoms with Crippen molar-refractivity contribution in [2.45, 2.75) is 19.3 Å². The van der Waals surface area contributed by atoms with E-state index in [2.05, 4.69) is 0 Å². The van der Waals surface area contributed by atoms with Gasteiger partial charge in [-0.3, -0.25) is 14.5 Å². The third kappa shape index (κ3) is 3.27. The van der Waals surface area contributed by atoms with E-state index in [1.807, 2.05) is 6.08 Å². The quantitative estimate of drug-likeness (QED) is 0.677. The predicted molar refractivity (Wildman–Crippen MR) is 63.2 cm³/mol. The zero-order valence-corrected chi connectivity index (χ0v) is 9.80. The minimum Gasteiger partial charge on any atom is -0.381 e. The van der Waals surface area contributed by atoms with Crippen molar-refractivity contribution in [3.05, 3.63) is 24.3 Å². The number of imide groups is 1. The summed E-state index contributed by atoms with van der Waals surface area (Å²) in [6.45, 7) is 2.01. The van der Waals surface area contributed by atoms with Crippen molar-refractivity contribution in [2.24, 2.45) is 5.92 Å². The average molecular weight is 235 g/mol. The van der Waals surface area contributed by atoms with Crippen LogP contribution in [-0.2, 0) is 14.3 Å². The molecule has 0 atom stereocenters. The molecule has 2 heterocycles. The molecule has 0 aliphatic carbocycles. The second kappa shape index (κ2) is 5.77. The molecule has 2 aliphatic heterocycles. The second-order valence-electron chi connectivity index (χ2n) is 4.33. The molecule has 0 aromatic rings. The van der Waals surface area contributed by atoms with E-state index in [1.54, 1.807) is 6.08 Å². The minimum atomic E-state index is -0.210. The average Bonchev–Trinajstić information content (AvgIpc) is 2.38. The fourth-order valence-electron chi connectivity index (χ4n) is 2.02. The van der Waals surface area contributed by atoms with Gasteiger partial charge in [-0.25, -0.2) is 0 Å². The van der Waals surface area contributed by atoms with Crippen LogP contribution in [-0.4, -0.2) is 36.5 Å². The summed E-state index contributed by atoms with van der Waals surface area (Å²) in [5.74, 6) is -0.00754. The lowest BCUT2D eigenvalue weighted by Gasteiger charge is -2.21. The van der Waals surface area contributed by atoms with Crippen molar-refractivity contribution in [3.8, 4) is 0 Å². The van der Waals surface area contributed by atoms with E-state index in [0.29, 0.717) is 12.5 Å². The van der Waals surface area contributed by atoms with E-state index in [1.165, 1.54) is 17.1 Å². The Labute approximate surface area is 101 Å². The minimum absolute atomic E-state index is 0.203. The number of amides is 2. The highest BCUT2D eigenvalue weighted by molar-refractivity contribution is 6.05. The first kappa shape index (κ1) is 12.0. The van der Waals surface area contributed by atoms with Gasteiger partial charge in [-0.2, -0.15) is 0 Å². The number of hydrogen-bond acceptors (Lipinski definition) is 3. The van der Waals surface area contributed by atoms with Crippen LogP contribution in [0.5, 0.6) is 0 Å². The molecule has 0 saturated carbocycles. The molecule has 4 nitrogen and oxygen atoms in total. The summed E-state index contributed by atoms with van der Waals surface area (Å²) in [7, 11) is 0. The number of allylic oxidation sites excluding steroid dienone is 1. The van der Waals surface area contributed by atoms with Crippen molar-refractivity contribution in [1.82, 2.24) is 4.90 Å². The van der Waals surface area contributed by atoms with Crippen molar-refractivity contribution in [1.29, 1.82) is 0 Å². The number of ether oxygens (including phenoxy) is 1. The second-order valence-corrected chi connectivity index (χ2v) is 4.33. The van der Waals surface area contributed by atoms with Crippen LogP contribution in [0.2, 0.25) is 0 Å². The van der Waals surface area contributed by atoms with Crippen molar-refractivity contribution in [2.75, 3.05) is 19.8 Å². The molecule has 17 heavy (non-hydrogen) atoms. The van der Waals surface area contributed by atoms with Crippen LogP contribution in [0, 0.1) is 5.92 Å². The highest BCUT2D eigenvalue weighted by Crippen LogP contribution is 2.16. The molecule has 2 rings (SSSR count). The van der Waals surface area contributed by atoms with Crippen LogP contribution in [0.15, 0.2) is 24.3 Å². The zero-order chi connectivity index (χ0) is 12.1. The molecule has 2 amide bonds. The van der Waals surface area contributed by atoms with Gasteiger partial charge in [0.1, 0.15) is 0 Å². The zero-order valence-electron chi connectivity index (χ0n) is 9.80. The molecule has 0 N–H and O–H groups in total. The monoisotopic (exact) mass is 235 g/mol. The summed E-state index contributed by atoms with van der Waals surface area (Å²) in [6.07, 6.45) is 9.37. The van der Waals surface area contributed by atoms with E-state index in [9.17, 15) is 9.59 Å². The molecule has 0 aromatic heterocycles. The first-order valence-electron chi connectivity index (χ1n) is 6.05. The Kier molecular flexibility index (Phi) is 4.09. The van der Waals surface area contributed by atoms with Gasteiger partial charge in [0.15, 0.2) is 0 Å². The third-order valence-electron chi connectivity index (χ3n) is 3.09. The van der Waals surface area contributed by atoms with Crippen molar-refractivity contribution < 1.29 is 14.3 Å².